The summed E-state index contributed by atoms with van der Waals surface area (Å²) in [7, 11) is 4.03. The van der Waals surface area contributed by atoms with E-state index in [4.69, 9.17) is 0 Å². The molecular weight excluding hydrogens is 270 g/mol. The third kappa shape index (κ3) is 2.20. The molecule has 0 aliphatic heterocycles. The smallest absolute Gasteiger partial charge is 0.306 e. The number of hydrogen-bond acceptors (Lipinski definition) is 4. The van der Waals surface area contributed by atoms with Crippen molar-refractivity contribution in [1.82, 2.24) is 9.97 Å². The molecule has 3 rings (SSSR count). The van der Waals surface area contributed by atoms with Gasteiger partial charge < -0.3 is 4.90 Å². The molecule has 102 valence electrons. The molecule has 0 atom stereocenters. The van der Waals surface area contributed by atoms with Crippen LogP contribution in [0.15, 0.2) is 35.1 Å². The second-order valence-electron chi connectivity index (χ2n) is 4.94. The summed E-state index contributed by atoms with van der Waals surface area (Å²) in [5.41, 5.74) is 4.88. The van der Waals surface area contributed by atoms with Crippen LogP contribution in [0.5, 0.6) is 0 Å². The lowest BCUT2D eigenvalue weighted by molar-refractivity contribution is 1.13. The van der Waals surface area contributed by atoms with Crippen LogP contribution in [0.4, 0.5) is 5.69 Å². The molecule has 20 heavy (non-hydrogen) atoms. The lowest BCUT2D eigenvalue weighted by Crippen LogP contribution is -2.07. The van der Waals surface area contributed by atoms with Crippen LogP contribution >= 0.6 is 11.3 Å². The third-order valence-electron chi connectivity index (χ3n) is 3.21. The molecule has 1 aromatic carbocycles. The number of aromatic amines is 1. The molecule has 1 N–H and O–H groups in total. The molecule has 0 unspecified atom stereocenters. The zero-order valence-electron chi connectivity index (χ0n) is 11.6. The van der Waals surface area contributed by atoms with E-state index in [1.54, 1.807) is 0 Å². The van der Waals surface area contributed by atoms with Gasteiger partial charge in [-0.25, -0.2) is 4.98 Å². The summed E-state index contributed by atoms with van der Waals surface area (Å²) >= 11 is 1.21. The summed E-state index contributed by atoms with van der Waals surface area (Å²) in [5, 5.41) is 0. The molecule has 0 spiro atoms. The Kier molecular flexibility index (Phi) is 3.06. The quantitative estimate of drug-likeness (QED) is 0.787. The predicted octanol–water partition coefficient (Wildman–Crippen LogP) is 3.03. The van der Waals surface area contributed by atoms with Crippen molar-refractivity contribution in [2.75, 3.05) is 19.0 Å². The highest BCUT2D eigenvalue weighted by Gasteiger charge is 2.10. The number of fused-ring (bicyclic) bond motifs is 1. The number of rotatable bonds is 2. The van der Waals surface area contributed by atoms with E-state index < -0.39 is 0 Å². The van der Waals surface area contributed by atoms with Crippen LogP contribution in [0.25, 0.3) is 21.5 Å². The van der Waals surface area contributed by atoms with E-state index in [2.05, 4.69) is 39.1 Å². The van der Waals surface area contributed by atoms with Crippen LogP contribution in [-0.2, 0) is 0 Å². The minimum absolute atomic E-state index is 0.0655. The number of nitrogens with one attached hydrogen (secondary N) is 1. The van der Waals surface area contributed by atoms with Gasteiger partial charge in [0.05, 0.1) is 4.70 Å². The van der Waals surface area contributed by atoms with Gasteiger partial charge in [-0.3, -0.25) is 9.78 Å². The Morgan fingerprint density at radius 3 is 2.55 bits per heavy atom. The van der Waals surface area contributed by atoms with E-state index in [1.165, 1.54) is 11.3 Å². The van der Waals surface area contributed by atoms with Gasteiger partial charge in [0.1, 0.15) is 0 Å². The first kappa shape index (κ1) is 12.9. The van der Waals surface area contributed by atoms with Crippen molar-refractivity contribution in [2.24, 2.45) is 0 Å². The average Bonchev–Trinajstić information content (AvgIpc) is 2.78. The van der Waals surface area contributed by atoms with Crippen molar-refractivity contribution in [3.8, 4) is 11.1 Å². The summed E-state index contributed by atoms with van der Waals surface area (Å²) in [4.78, 5) is 20.7. The molecule has 0 aliphatic rings. The molecule has 5 heteroatoms. The average molecular weight is 285 g/mol. The Balaban J connectivity index is 2.20. The zero-order valence-corrected chi connectivity index (χ0v) is 12.4. The SMILES string of the molecule is Cc1cc(-c2ccc(N(C)C)cc2)c2sc(=O)[nH]c2n1. The minimum atomic E-state index is -0.0655. The Morgan fingerprint density at radius 1 is 1.20 bits per heavy atom. The van der Waals surface area contributed by atoms with Gasteiger partial charge in [0.15, 0.2) is 5.65 Å². The maximum Gasteiger partial charge on any atom is 0.306 e. The van der Waals surface area contributed by atoms with Gasteiger partial charge in [0.25, 0.3) is 0 Å². The predicted molar refractivity (Wildman–Crippen MR) is 84.7 cm³/mol. The Morgan fingerprint density at radius 2 is 1.90 bits per heavy atom. The van der Waals surface area contributed by atoms with Crippen LogP contribution in [-0.4, -0.2) is 24.1 Å². The Hall–Kier alpha value is -2.14. The molecule has 2 heterocycles. The number of aryl methyl sites for hydroxylation is 1. The van der Waals surface area contributed by atoms with Crippen molar-refractivity contribution >= 4 is 27.4 Å². The number of anilines is 1. The first-order valence-corrected chi connectivity index (χ1v) is 7.14. The monoisotopic (exact) mass is 285 g/mol. The van der Waals surface area contributed by atoms with Gasteiger partial charge in [-0.05, 0) is 30.7 Å². The van der Waals surface area contributed by atoms with E-state index in [0.29, 0.717) is 5.65 Å². The van der Waals surface area contributed by atoms with Crippen molar-refractivity contribution < 1.29 is 0 Å². The molecule has 0 saturated carbocycles. The summed E-state index contributed by atoms with van der Waals surface area (Å²) < 4.78 is 0.915. The lowest BCUT2D eigenvalue weighted by Gasteiger charge is -2.13. The van der Waals surface area contributed by atoms with Crippen molar-refractivity contribution in [2.45, 2.75) is 6.92 Å². The molecule has 2 aromatic heterocycles. The summed E-state index contributed by atoms with van der Waals surface area (Å²) in [6.07, 6.45) is 0. The topological polar surface area (TPSA) is 49.0 Å². The second kappa shape index (κ2) is 4.76. The highest BCUT2D eigenvalue weighted by Crippen LogP contribution is 2.30. The van der Waals surface area contributed by atoms with Gasteiger partial charge in [-0.15, -0.1) is 0 Å². The fourth-order valence-electron chi connectivity index (χ4n) is 2.22. The van der Waals surface area contributed by atoms with E-state index in [9.17, 15) is 4.79 Å². The number of aromatic nitrogens is 2. The number of nitrogens with zero attached hydrogens (tertiary/aromatic N) is 2. The maximum absolute atomic E-state index is 11.5. The van der Waals surface area contributed by atoms with E-state index in [0.717, 1.165) is 27.2 Å². The van der Waals surface area contributed by atoms with Crippen molar-refractivity contribution in [3.63, 3.8) is 0 Å². The first-order valence-electron chi connectivity index (χ1n) is 6.33. The number of pyridine rings is 1. The zero-order chi connectivity index (χ0) is 14.3. The molecule has 0 amide bonds. The molecule has 0 radical (unpaired) electrons. The Labute approximate surface area is 120 Å². The number of thiazole rings is 1. The largest absolute Gasteiger partial charge is 0.378 e. The second-order valence-corrected chi connectivity index (χ2v) is 5.93. The van der Waals surface area contributed by atoms with E-state index >= 15 is 0 Å². The highest BCUT2D eigenvalue weighted by molar-refractivity contribution is 7.16. The molecule has 0 aliphatic carbocycles. The number of benzene rings is 1. The van der Waals surface area contributed by atoms with Gasteiger partial charge in [0.2, 0.25) is 0 Å². The van der Waals surface area contributed by atoms with Crippen molar-refractivity contribution in [1.29, 1.82) is 0 Å². The highest BCUT2D eigenvalue weighted by atomic mass is 32.1. The van der Waals surface area contributed by atoms with Crippen LogP contribution in [0, 0.1) is 6.92 Å². The molecule has 0 bridgehead atoms. The standard InChI is InChI=1S/C15H15N3OS/c1-9-8-12(13-14(16-9)17-15(19)20-13)10-4-6-11(7-5-10)18(2)3/h4-8H,1-3H3,(H,16,17,19). The van der Waals surface area contributed by atoms with Gasteiger partial charge in [0, 0.05) is 31.0 Å². The normalized spacial score (nSPS) is 10.9. The molecular formula is C15H15N3OS. The first-order chi connectivity index (χ1) is 9.54. The minimum Gasteiger partial charge on any atom is -0.378 e. The fourth-order valence-corrected chi connectivity index (χ4v) is 3.03. The third-order valence-corrected chi connectivity index (χ3v) is 4.12. The summed E-state index contributed by atoms with van der Waals surface area (Å²) in [5.74, 6) is 0. The lowest BCUT2D eigenvalue weighted by atomic mass is 10.1. The van der Waals surface area contributed by atoms with Gasteiger partial charge >= 0.3 is 4.87 Å². The number of hydrogen-bond donors (Lipinski definition) is 1. The summed E-state index contributed by atoms with van der Waals surface area (Å²) in [6.45, 7) is 1.94. The number of H-pyrrole nitrogens is 1. The molecule has 4 nitrogen and oxygen atoms in total. The summed E-state index contributed by atoms with van der Waals surface area (Å²) in [6, 6.07) is 10.3. The van der Waals surface area contributed by atoms with Crippen LogP contribution < -0.4 is 9.77 Å². The van der Waals surface area contributed by atoms with Crippen LogP contribution in [0.2, 0.25) is 0 Å². The Bertz CT molecular complexity index is 815. The van der Waals surface area contributed by atoms with Crippen LogP contribution in [0.1, 0.15) is 5.69 Å². The van der Waals surface area contributed by atoms with Crippen molar-refractivity contribution in [3.05, 3.63) is 45.7 Å². The van der Waals surface area contributed by atoms with Gasteiger partial charge in [-0.2, -0.15) is 0 Å². The molecule has 0 fully saturated rings. The van der Waals surface area contributed by atoms with E-state index in [-0.39, 0.29) is 4.87 Å². The van der Waals surface area contributed by atoms with Gasteiger partial charge in [-0.1, -0.05) is 23.5 Å². The van der Waals surface area contributed by atoms with Crippen LogP contribution in [0.3, 0.4) is 0 Å². The van der Waals surface area contributed by atoms with E-state index in [1.807, 2.05) is 27.1 Å². The molecule has 3 aromatic rings. The maximum atomic E-state index is 11.5. The molecule has 0 saturated heterocycles. The fraction of sp³-hybridized carbons (Fsp3) is 0.200.